The molecule has 0 radical (unpaired) electrons. The second kappa shape index (κ2) is 6.34. The Hall–Kier alpha value is -3.41. The van der Waals surface area contributed by atoms with Crippen molar-refractivity contribution >= 4 is 28.2 Å². The standard InChI is InChI=1S/C22H20N2O4/c1-22(2)10-18-15(19(26)11-22)9-16(21(28)24-18)20(27)23-17-5-3-4-12-6-7-13(25)8-14(12)17/h3-9,25H,10-11H2,1-2H3,(H,23,27)(H,24,28). The van der Waals surface area contributed by atoms with Crippen LogP contribution in [0.4, 0.5) is 5.69 Å². The number of nitrogens with one attached hydrogen (secondary N) is 2. The molecule has 0 bridgehead atoms. The van der Waals surface area contributed by atoms with Crippen LogP contribution < -0.4 is 10.9 Å². The van der Waals surface area contributed by atoms with E-state index in [0.717, 1.165) is 5.39 Å². The van der Waals surface area contributed by atoms with Crippen molar-refractivity contribution < 1.29 is 14.7 Å². The number of ketones is 1. The third-order valence-corrected chi connectivity index (χ3v) is 5.08. The number of benzene rings is 2. The van der Waals surface area contributed by atoms with E-state index in [-0.39, 0.29) is 22.5 Å². The minimum atomic E-state index is -0.600. The van der Waals surface area contributed by atoms with E-state index in [0.29, 0.717) is 35.2 Å². The number of fused-ring (bicyclic) bond motifs is 2. The Morgan fingerprint density at radius 2 is 1.89 bits per heavy atom. The maximum Gasteiger partial charge on any atom is 0.261 e. The van der Waals surface area contributed by atoms with Gasteiger partial charge in [0.1, 0.15) is 11.3 Å². The highest BCUT2D eigenvalue weighted by Gasteiger charge is 2.32. The van der Waals surface area contributed by atoms with Gasteiger partial charge in [-0.05, 0) is 41.5 Å². The Morgan fingerprint density at radius 1 is 1.11 bits per heavy atom. The summed E-state index contributed by atoms with van der Waals surface area (Å²) in [6.45, 7) is 3.95. The average molecular weight is 376 g/mol. The number of rotatable bonds is 2. The number of aromatic nitrogens is 1. The number of phenols is 1. The van der Waals surface area contributed by atoms with Gasteiger partial charge in [-0.3, -0.25) is 14.4 Å². The second-order valence-corrected chi connectivity index (χ2v) is 8.01. The molecule has 0 saturated heterocycles. The first-order valence-corrected chi connectivity index (χ1v) is 9.06. The molecule has 1 aliphatic rings. The number of amides is 1. The molecule has 3 N–H and O–H groups in total. The van der Waals surface area contributed by atoms with Gasteiger partial charge in [-0.15, -0.1) is 0 Å². The Balaban J connectivity index is 1.72. The maximum atomic E-state index is 12.8. The monoisotopic (exact) mass is 376 g/mol. The van der Waals surface area contributed by atoms with Gasteiger partial charge in [0, 0.05) is 28.8 Å². The van der Waals surface area contributed by atoms with Crippen molar-refractivity contribution in [3.05, 3.63) is 69.6 Å². The van der Waals surface area contributed by atoms with Crippen molar-refractivity contribution in [3.8, 4) is 5.75 Å². The number of carbonyl (C=O) groups excluding carboxylic acids is 2. The lowest BCUT2D eigenvalue weighted by atomic mass is 9.75. The Kier molecular flexibility index (Phi) is 4.07. The van der Waals surface area contributed by atoms with E-state index in [1.54, 1.807) is 30.3 Å². The summed E-state index contributed by atoms with van der Waals surface area (Å²) in [5, 5.41) is 14.0. The summed E-state index contributed by atoms with van der Waals surface area (Å²) >= 11 is 0. The molecule has 0 atom stereocenters. The fourth-order valence-corrected chi connectivity index (χ4v) is 3.76. The Morgan fingerprint density at radius 3 is 2.68 bits per heavy atom. The minimum absolute atomic E-state index is 0.0772. The molecule has 0 fully saturated rings. The molecule has 2 aromatic carbocycles. The normalized spacial score (nSPS) is 15.3. The number of aromatic hydroxyl groups is 1. The van der Waals surface area contributed by atoms with Crippen LogP contribution in [0.2, 0.25) is 0 Å². The average Bonchev–Trinajstić information content (AvgIpc) is 2.60. The van der Waals surface area contributed by atoms with Crippen molar-refractivity contribution in [3.63, 3.8) is 0 Å². The van der Waals surface area contributed by atoms with Crippen LogP contribution in [0, 0.1) is 5.41 Å². The van der Waals surface area contributed by atoms with Crippen molar-refractivity contribution in [2.24, 2.45) is 5.41 Å². The van der Waals surface area contributed by atoms with Gasteiger partial charge in [0.15, 0.2) is 5.78 Å². The fraction of sp³-hybridized carbons (Fsp3) is 0.227. The maximum absolute atomic E-state index is 12.8. The molecule has 0 saturated carbocycles. The molecule has 4 rings (SSSR count). The van der Waals surface area contributed by atoms with Gasteiger partial charge in [-0.25, -0.2) is 0 Å². The summed E-state index contributed by atoms with van der Waals surface area (Å²) < 4.78 is 0. The van der Waals surface area contributed by atoms with E-state index in [1.807, 2.05) is 19.9 Å². The first-order chi connectivity index (χ1) is 13.2. The molecule has 6 heteroatoms. The zero-order valence-electron chi connectivity index (χ0n) is 15.6. The molecule has 1 aliphatic carbocycles. The molecule has 0 aliphatic heterocycles. The molecule has 3 aromatic rings. The molecule has 1 aromatic heterocycles. The van der Waals surface area contributed by atoms with Gasteiger partial charge >= 0.3 is 0 Å². The number of hydrogen-bond donors (Lipinski definition) is 3. The van der Waals surface area contributed by atoms with Crippen molar-refractivity contribution in [1.82, 2.24) is 4.98 Å². The highest BCUT2D eigenvalue weighted by atomic mass is 16.3. The van der Waals surface area contributed by atoms with Gasteiger partial charge < -0.3 is 15.4 Å². The first kappa shape index (κ1) is 18.0. The lowest BCUT2D eigenvalue weighted by Gasteiger charge is -2.29. The minimum Gasteiger partial charge on any atom is -0.508 e. The molecular weight excluding hydrogens is 356 g/mol. The van der Waals surface area contributed by atoms with Gasteiger partial charge in [0.25, 0.3) is 11.5 Å². The third-order valence-electron chi connectivity index (χ3n) is 5.08. The largest absolute Gasteiger partial charge is 0.508 e. The van der Waals surface area contributed by atoms with E-state index in [1.165, 1.54) is 6.07 Å². The number of carbonyl (C=O) groups is 2. The van der Waals surface area contributed by atoms with Gasteiger partial charge in [0.05, 0.1) is 0 Å². The lowest BCUT2D eigenvalue weighted by molar-refractivity contribution is 0.0910. The number of hydrogen-bond acceptors (Lipinski definition) is 4. The number of anilines is 1. The number of Topliss-reactive ketones (excluding diaryl/α,β-unsaturated/α-hetero) is 1. The van der Waals surface area contributed by atoms with Crippen LogP contribution in [-0.4, -0.2) is 21.8 Å². The number of phenolic OH excluding ortho intramolecular Hbond substituents is 1. The predicted molar refractivity (Wildman–Crippen MR) is 107 cm³/mol. The van der Waals surface area contributed by atoms with Crippen molar-refractivity contribution in [1.29, 1.82) is 0 Å². The van der Waals surface area contributed by atoms with Crippen LogP contribution in [-0.2, 0) is 6.42 Å². The van der Waals surface area contributed by atoms with E-state index in [2.05, 4.69) is 10.3 Å². The van der Waals surface area contributed by atoms with Gasteiger partial charge in [-0.2, -0.15) is 0 Å². The molecule has 142 valence electrons. The topological polar surface area (TPSA) is 99.3 Å². The summed E-state index contributed by atoms with van der Waals surface area (Å²) in [5.41, 5.74) is 0.608. The van der Waals surface area contributed by atoms with Gasteiger partial charge in [0.2, 0.25) is 0 Å². The number of aromatic amines is 1. The van der Waals surface area contributed by atoms with Crippen molar-refractivity contribution in [2.75, 3.05) is 5.32 Å². The summed E-state index contributed by atoms with van der Waals surface area (Å²) in [4.78, 5) is 40.5. The molecule has 6 nitrogen and oxygen atoms in total. The number of pyridine rings is 1. The van der Waals surface area contributed by atoms with E-state index < -0.39 is 11.5 Å². The van der Waals surface area contributed by atoms with Gasteiger partial charge in [-0.1, -0.05) is 32.0 Å². The third kappa shape index (κ3) is 3.17. The molecular formula is C22H20N2O4. The summed E-state index contributed by atoms with van der Waals surface area (Å²) in [7, 11) is 0. The van der Waals surface area contributed by atoms with Crippen LogP contribution >= 0.6 is 0 Å². The molecule has 0 spiro atoms. The van der Waals surface area contributed by atoms with Crippen LogP contribution in [0.5, 0.6) is 5.75 Å². The predicted octanol–water partition coefficient (Wildman–Crippen LogP) is 3.64. The highest BCUT2D eigenvalue weighted by molar-refractivity contribution is 6.10. The van der Waals surface area contributed by atoms with Crippen LogP contribution in [0.1, 0.15) is 46.7 Å². The molecule has 0 unspecified atom stereocenters. The molecule has 28 heavy (non-hydrogen) atoms. The smallest absolute Gasteiger partial charge is 0.261 e. The quantitative estimate of drug-likeness (QED) is 0.636. The number of H-pyrrole nitrogens is 1. The first-order valence-electron chi connectivity index (χ1n) is 9.06. The summed E-state index contributed by atoms with van der Waals surface area (Å²) in [6.07, 6.45) is 0.948. The SMILES string of the molecule is CC1(C)CC(=O)c2cc(C(=O)Nc3cccc4ccc(O)cc34)c(=O)[nH]c2C1. The van der Waals surface area contributed by atoms with E-state index in [9.17, 15) is 19.5 Å². The van der Waals surface area contributed by atoms with Crippen LogP contribution in [0.25, 0.3) is 10.8 Å². The summed E-state index contributed by atoms with van der Waals surface area (Å²) in [6, 6.07) is 11.6. The van der Waals surface area contributed by atoms with Crippen LogP contribution in [0.15, 0.2) is 47.3 Å². The highest BCUT2D eigenvalue weighted by Crippen LogP contribution is 2.33. The molecule has 1 heterocycles. The van der Waals surface area contributed by atoms with Crippen LogP contribution in [0.3, 0.4) is 0 Å². The lowest BCUT2D eigenvalue weighted by Crippen LogP contribution is -2.32. The Bertz CT molecular complexity index is 1190. The zero-order valence-corrected chi connectivity index (χ0v) is 15.6. The second-order valence-electron chi connectivity index (χ2n) is 8.01. The summed E-state index contributed by atoms with van der Waals surface area (Å²) in [5.74, 6) is -0.599. The fourth-order valence-electron chi connectivity index (χ4n) is 3.76. The zero-order chi connectivity index (χ0) is 20.1. The molecule has 1 amide bonds. The Labute approximate surface area is 161 Å². The van der Waals surface area contributed by atoms with Crippen molar-refractivity contribution in [2.45, 2.75) is 26.7 Å². The van der Waals surface area contributed by atoms with E-state index >= 15 is 0 Å². The van der Waals surface area contributed by atoms with E-state index in [4.69, 9.17) is 0 Å².